The normalized spacial score (nSPS) is 17.0. The summed E-state index contributed by atoms with van der Waals surface area (Å²) in [4.78, 5) is 27.9. The first-order valence-electron chi connectivity index (χ1n) is 11.1. The Kier molecular flexibility index (Phi) is 7.64. The van der Waals surface area contributed by atoms with Crippen LogP contribution in [0.25, 0.3) is 5.57 Å². The van der Waals surface area contributed by atoms with Crippen molar-refractivity contribution in [3.05, 3.63) is 77.4 Å². The van der Waals surface area contributed by atoms with Crippen LogP contribution in [0.15, 0.2) is 54.6 Å². The van der Waals surface area contributed by atoms with Crippen LogP contribution in [-0.2, 0) is 9.59 Å². The largest absolute Gasteiger partial charge is 0.343 e. The van der Waals surface area contributed by atoms with E-state index in [4.69, 9.17) is 0 Å². The quantitative estimate of drug-likeness (QED) is 0.662. The highest BCUT2D eigenvalue weighted by Gasteiger charge is 2.40. The highest BCUT2D eigenvalue weighted by molar-refractivity contribution is 5.91. The predicted octanol–water partition coefficient (Wildman–Crippen LogP) is 4.07. The van der Waals surface area contributed by atoms with E-state index >= 15 is 0 Å². The Morgan fingerprint density at radius 2 is 1.82 bits per heavy atom. The smallest absolute Gasteiger partial charge is 0.246 e. The molecule has 3 rings (SSSR count). The van der Waals surface area contributed by atoms with Gasteiger partial charge in [0.15, 0.2) is 0 Å². The van der Waals surface area contributed by atoms with E-state index in [9.17, 15) is 18.4 Å². The summed E-state index contributed by atoms with van der Waals surface area (Å²) in [6, 6.07) is 11.4. The molecule has 5 nitrogen and oxygen atoms in total. The number of likely N-dealkylation sites (N-methyl/N-ethyl adjacent to an activating group) is 1. The molecule has 0 radical (unpaired) electrons. The van der Waals surface area contributed by atoms with Gasteiger partial charge in [0.25, 0.3) is 0 Å². The molecular formula is C26H31F2N3O2. The molecule has 1 heterocycles. The lowest BCUT2D eigenvalue weighted by atomic mass is 9.85. The number of hydrogen-bond acceptors (Lipinski definition) is 3. The number of halogens is 2. The van der Waals surface area contributed by atoms with Gasteiger partial charge in [0, 0.05) is 12.1 Å². The Hall–Kier alpha value is -3.06. The average Bonchev–Trinajstić information content (AvgIpc) is 3.22. The molecule has 0 fully saturated rings. The molecule has 0 saturated heterocycles. The molecule has 2 amide bonds. The fourth-order valence-electron chi connectivity index (χ4n) is 3.94. The number of amides is 2. The molecule has 0 aliphatic carbocycles. The second kappa shape index (κ2) is 10.3. The third-order valence-electron chi connectivity index (χ3n) is 5.69. The Morgan fingerprint density at radius 1 is 1.12 bits per heavy atom. The third kappa shape index (κ3) is 5.85. The molecule has 33 heavy (non-hydrogen) atoms. The highest BCUT2D eigenvalue weighted by Crippen LogP contribution is 2.37. The van der Waals surface area contributed by atoms with E-state index in [0.29, 0.717) is 12.1 Å². The fraction of sp³-hybridized carbons (Fsp3) is 0.385. The van der Waals surface area contributed by atoms with Crippen LogP contribution in [-0.4, -0.2) is 42.4 Å². The maximum absolute atomic E-state index is 14.5. The fourth-order valence-corrected chi connectivity index (χ4v) is 3.94. The van der Waals surface area contributed by atoms with Crippen LogP contribution in [0.4, 0.5) is 8.78 Å². The van der Waals surface area contributed by atoms with Gasteiger partial charge in [0.05, 0.1) is 12.6 Å². The van der Waals surface area contributed by atoms with Gasteiger partial charge in [-0.1, -0.05) is 64.1 Å². The van der Waals surface area contributed by atoms with Crippen molar-refractivity contribution in [3.8, 4) is 0 Å². The Balaban J connectivity index is 1.97. The number of rotatable bonds is 7. The third-order valence-corrected chi connectivity index (χ3v) is 5.69. The summed E-state index contributed by atoms with van der Waals surface area (Å²) in [6.07, 6.45) is 1.80. The minimum atomic E-state index is -0.792. The van der Waals surface area contributed by atoms with Gasteiger partial charge in [-0.25, -0.2) is 8.78 Å². The number of nitrogens with one attached hydrogen (secondary N) is 2. The molecule has 0 bridgehead atoms. The molecule has 176 valence electrons. The topological polar surface area (TPSA) is 61.4 Å². The second-order valence-corrected chi connectivity index (χ2v) is 9.28. The standard InChI is InChI=1S/C26H31F2N3O2/c1-5-29-15-23(32)30-24(26(2,3)4)25(33)31-16-18(20-14-19(27)11-12-21(20)28)13-22(31)17-9-7-6-8-10-17/h6-14,22,24,29H,5,15-16H2,1-4H3,(H,30,32)/t22-,24+/m0/s1. The Labute approximate surface area is 193 Å². The second-order valence-electron chi connectivity index (χ2n) is 9.28. The van der Waals surface area contributed by atoms with Crippen LogP contribution in [0.2, 0.25) is 0 Å². The van der Waals surface area contributed by atoms with E-state index in [2.05, 4.69) is 10.6 Å². The maximum Gasteiger partial charge on any atom is 0.246 e. The molecule has 2 atom stereocenters. The highest BCUT2D eigenvalue weighted by atomic mass is 19.1. The number of benzene rings is 2. The van der Waals surface area contributed by atoms with Crippen molar-refractivity contribution in [1.29, 1.82) is 0 Å². The van der Waals surface area contributed by atoms with Crippen LogP contribution in [0.3, 0.4) is 0 Å². The van der Waals surface area contributed by atoms with Crippen molar-refractivity contribution in [1.82, 2.24) is 15.5 Å². The molecule has 2 aromatic carbocycles. The number of carbonyl (C=O) groups is 2. The van der Waals surface area contributed by atoms with Gasteiger partial charge in [-0.2, -0.15) is 0 Å². The van der Waals surface area contributed by atoms with E-state index in [1.54, 1.807) is 11.0 Å². The monoisotopic (exact) mass is 455 g/mol. The number of nitrogens with zero attached hydrogens (tertiary/aromatic N) is 1. The van der Waals surface area contributed by atoms with Crippen LogP contribution in [0.5, 0.6) is 0 Å². The summed E-state index contributed by atoms with van der Waals surface area (Å²) in [5.41, 5.74) is 0.951. The van der Waals surface area contributed by atoms with E-state index in [-0.39, 0.29) is 30.5 Å². The molecule has 0 unspecified atom stereocenters. The summed E-state index contributed by atoms with van der Waals surface area (Å²) in [5.74, 6) is -1.64. The van der Waals surface area contributed by atoms with Crippen LogP contribution in [0.1, 0.15) is 44.9 Å². The predicted molar refractivity (Wildman–Crippen MR) is 125 cm³/mol. The molecular weight excluding hydrogens is 424 g/mol. The van der Waals surface area contributed by atoms with Gasteiger partial charge < -0.3 is 15.5 Å². The summed E-state index contributed by atoms with van der Waals surface area (Å²) < 4.78 is 28.4. The first-order valence-corrected chi connectivity index (χ1v) is 11.1. The van der Waals surface area contributed by atoms with Gasteiger partial charge in [-0.3, -0.25) is 9.59 Å². The van der Waals surface area contributed by atoms with E-state index < -0.39 is 29.1 Å². The Morgan fingerprint density at radius 3 is 2.45 bits per heavy atom. The van der Waals surface area contributed by atoms with Crippen molar-refractivity contribution >= 4 is 17.4 Å². The number of carbonyl (C=O) groups excluding carboxylic acids is 2. The first kappa shape index (κ1) is 24.6. The molecule has 0 spiro atoms. The van der Waals surface area contributed by atoms with Crippen molar-refractivity contribution < 1.29 is 18.4 Å². The summed E-state index contributed by atoms with van der Waals surface area (Å²) in [6.45, 7) is 8.40. The zero-order valence-electron chi connectivity index (χ0n) is 19.5. The van der Waals surface area contributed by atoms with E-state index in [0.717, 1.165) is 23.8 Å². The van der Waals surface area contributed by atoms with Gasteiger partial charge in [0.1, 0.15) is 17.7 Å². The lowest BCUT2D eigenvalue weighted by molar-refractivity contribution is -0.139. The summed E-state index contributed by atoms with van der Waals surface area (Å²) in [7, 11) is 0. The zero-order chi connectivity index (χ0) is 24.2. The lowest BCUT2D eigenvalue weighted by Gasteiger charge is -2.36. The van der Waals surface area contributed by atoms with Gasteiger partial charge >= 0.3 is 0 Å². The molecule has 1 aliphatic heterocycles. The molecule has 2 aromatic rings. The van der Waals surface area contributed by atoms with Crippen molar-refractivity contribution in [2.24, 2.45) is 5.41 Å². The van der Waals surface area contributed by atoms with Crippen molar-refractivity contribution in [3.63, 3.8) is 0 Å². The van der Waals surface area contributed by atoms with E-state index in [1.165, 1.54) is 0 Å². The van der Waals surface area contributed by atoms with Gasteiger partial charge in [0.2, 0.25) is 11.8 Å². The van der Waals surface area contributed by atoms with Gasteiger partial charge in [-0.15, -0.1) is 0 Å². The summed E-state index contributed by atoms with van der Waals surface area (Å²) >= 11 is 0. The SMILES string of the molecule is CCNCC(=O)N[C@H](C(=O)N1CC(c2cc(F)ccc2F)=C[C@H]1c1ccccc1)C(C)(C)C. The molecule has 2 N–H and O–H groups in total. The van der Waals surface area contributed by atoms with E-state index in [1.807, 2.05) is 58.0 Å². The lowest BCUT2D eigenvalue weighted by Crippen LogP contribution is -2.56. The number of hydrogen-bond donors (Lipinski definition) is 2. The van der Waals surface area contributed by atoms with Crippen LogP contribution < -0.4 is 10.6 Å². The van der Waals surface area contributed by atoms with Crippen molar-refractivity contribution in [2.45, 2.75) is 39.8 Å². The molecule has 7 heteroatoms. The molecule has 1 aliphatic rings. The van der Waals surface area contributed by atoms with Crippen LogP contribution in [0, 0.1) is 17.0 Å². The van der Waals surface area contributed by atoms with Gasteiger partial charge in [-0.05, 0) is 41.3 Å². The molecule has 0 saturated carbocycles. The minimum absolute atomic E-state index is 0.106. The van der Waals surface area contributed by atoms with Crippen molar-refractivity contribution in [2.75, 3.05) is 19.6 Å². The summed E-state index contributed by atoms with van der Waals surface area (Å²) in [5, 5.41) is 5.83. The average molecular weight is 456 g/mol. The Bertz CT molecular complexity index is 1030. The maximum atomic E-state index is 14.5. The van der Waals surface area contributed by atoms with Crippen LogP contribution >= 0.6 is 0 Å². The first-order chi connectivity index (χ1) is 15.6. The zero-order valence-corrected chi connectivity index (χ0v) is 19.5. The molecule has 0 aromatic heterocycles. The minimum Gasteiger partial charge on any atom is -0.343 e.